The summed E-state index contributed by atoms with van der Waals surface area (Å²) < 4.78 is 0. The fourth-order valence-electron chi connectivity index (χ4n) is 4.22. The zero-order valence-electron chi connectivity index (χ0n) is 14.6. The molecule has 0 aromatic heterocycles. The minimum atomic E-state index is 0.265. The molecule has 2 fully saturated rings. The normalized spacial score (nSPS) is 31.0. The standard InChI is InChI=1S/C17H36N4/c1-15(2)20-10-5-8-17(14-18,9-13-20)21-11-6-16(7-12-21)19(3)4/h15-16H,5-14,18H2,1-4H3. The van der Waals surface area contributed by atoms with E-state index in [1.807, 2.05) is 0 Å². The second-order valence-electron chi connectivity index (χ2n) is 7.59. The summed E-state index contributed by atoms with van der Waals surface area (Å²) in [6.07, 6.45) is 6.40. The van der Waals surface area contributed by atoms with Crippen LogP contribution in [0.1, 0.15) is 46.0 Å². The molecule has 0 radical (unpaired) electrons. The largest absolute Gasteiger partial charge is 0.329 e. The SMILES string of the molecule is CC(C)N1CCCC(CN)(N2CCC(N(C)C)CC2)CC1. The van der Waals surface area contributed by atoms with Crippen molar-refractivity contribution in [1.82, 2.24) is 14.7 Å². The summed E-state index contributed by atoms with van der Waals surface area (Å²) in [4.78, 5) is 7.75. The van der Waals surface area contributed by atoms with Crippen LogP contribution in [0.2, 0.25) is 0 Å². The Hall–Kier alpha value is -0.160. The van der Waals surface area contributed by atoms with E-state index in [1.165, 1.54) is 58.3 Å². The lowest BCUT2D eigenvalue weighted by Crippen LogP contribution is -2.58. The van der Waals surface area contributed by atoms with Crippen molar-refractivity contribution >= 4 is 0 Å². The third-order valence-electron chi connectivity index (χ3n) is 5.93. The summed E-state index contributed by atoms with van der Waals surface area (Å²) in [5.74, 6) is 0. The van der Waals surface area contributed by atoms with Gasteiger partial charge in [0.25, 0.3) is 0 Å². The Morgan fingerprint density at radius 2 is 1.76 bits per heavy atom. The van der Waals surface area contributed by atoms with Crippen molar-refractivity contribution in [3.63, 3.8) is 0 Å². The van der Waals surface area contributed by atoms with Crippen molar-refractivity contribution in [2.45, 2.75) is 63.6 Å². The molecule has 4 nitrogen and oxygen atoms in total. The number of piperidine rings is 1. The maximum Gasteiger partial charge on any atom is 0.0344 e. The second kappa shape index (κ2) is 7.40. The zero-order chi connectivity index (χ0) is 15.5. The van der Waals surface area contributed by atoms with E-state index in [2.05, 4.69) is 42.6 Å². The minimum absolute atomic E-state index is 0.265. The predicted molar refractivity (Wildman–Crippen MR) is 90.6 cm³/mol. The van der Waals surface area contributed by atoms with Gasteiger partial charge in [0.1, 0.15) is 0 Å². The van der Waals surface area contributed by atoms with Crippen LogP contribution in [-0.2, 0) is 0 Å². The highest BCUT2D eigenvalue weighted by Crippen LogP contribution is 2.32. The van der Waals surface area contributed by atoms with Crippen LogP contribution in [0.3, 0.4) is 0 Å². The maximum absolute atomic E-state index is 6.28. The highest BCUT2D eigenvalue weighted by Gasteiger charge is 2.39. The van der Waals surface area contributed by atoms with Crippen LogP contribution < -0.4 is 5.73 Å². The highest BCUT2D eigenvalue weighted by atomic mass is 15.3. The number of hydrogen-bond donors (Lipinski definition) is 1. The summed E-state index contributed by atoms with van der Waals surface area (Å²) in [6, 6.07) is 1.42. The van der Waals surface area contributed by atoms with Crippen LogP contribution in [-0.4, -0.2) is 79.1 Å². The van der Waals surface area contributed by atoms with Crippen molar-refractivity contribution < 1.29 is 0 Å². The fourth-order valence-corrected chi connectivity index (χ4v) is 4.22. The van der Waals surface area contributed by atoms with E-state index in [-0.39, 0.29) is 5.54 Å². The van der Waals surface area contributed by atoms with Crippen LogP contribution >= 0.6 is 0 Å². The molecule has 0 spiro atoms. The first-order chi connectivity index (χ1) is 9.98. The van der Waals surface area contributed by atoms with Crippen LogP contribution in [0.25, 0.3) is 0 Å². The molecule has 2 saturated heterocycles. The molecular weight excluding hydrogens is 260 g/mol. The monoisotopic (exact) mass is 296 g/mol. The molecule has 2 rings (SSSR count). The van der Waals surface area contributed by atoms with E-state index in [9.17, 15) is 0 Å². The molecule has 124 valence electrons. The van der Waals surface area contributed by atoms with Crippen molar-refractivity contribution in [2.24, 2.45) is 5.73 Å². The van der Waals surface area contributed by atoms with Gasteiger partial charge in [0.05, 0.1) is 0 Å². The molecule has 0 aromatic carbocycles. The summed E-state index contributed by atoms with van der Waals surface area (Å²) in [7, 11) is 4.43. The van der Waals surface area contributed by atoms with Crippen LogP contribution in [0.5, 0.6) is 0 Å². The minimum Gasteiger partial charge on any atom is -0.329 e. The first-order valence-corrected chi connectivity index (χ1v) is 8.84. The molecule has 0 saturated carbocycles. The van der Waals surface area contributed by atoms with Gasteiger partial charge in [-0.1, -0.05) is 0 Å². The van der Waals surface area contributed by atoms with Crippen molar-refractivity contribution in [3.05, 3.63) is 0 Å². The van der Waals surface area contributed by atoms with Gasteiger partial charge >= 0.3 is 0 Å². The molecule has 0 bridgehead atoms. The lowest BCUT2D eigenvalue weighted by molar-refractivity contribution is 0.0341. The fraction of sp³-hybridized carbons (Fsp3) is 1.00. The molecule has 2 aliphatic heterocycles. The van der Waals surface area contributed by atoms with Crippen molar-refractivity contribution in [1.29, 1.82) is 0 Å². The number of rotatable bonds is 4. The van der Waals surface area contributed by atoms with E-state index in [0.29, 0.717) is 6.04 Å². The summed E-state index contributed by atoms with van der Waals surface area (Å²) in [5, 5.41) is 0. The van der Waals surface area contributed by atoms with Gasteiger partial charge in [-0.15, -0.1) is 0 Å². The van der Waals surface area contributed by atoms with Gasteiger partial charge in [-0.3, -0.25) is 4.90 Å². The lowest BCUT2D eigenvalue weighted by Gasteiger charge is -2.47. The molecule has 2 N–H and O–H groups in total. The van der Waals surface area contributed by atoms with Gasteiger partial charge in [0.2, 0.25) is 0 Å². The van der Waals surface area contributed by atoms with Gasteiger partial charge in [-0.2, -0.15) is 0 Å². The van der Waals surface area contributed by atoms with Gasteiger partial charge < -0.3 is 15.5 Å². The number of nitrogens with zero attached hydrogens (tertiary/aromatic N) is 3. The number of hydrogen-bond acceptors (Lipinski definition) is 4. The van der Waals surface area contributed by atoms with E-state index in [1.54, 1.807) is 0 Å². The second-order valence-corrected chi connectivity index (χ2v) is 7.59. The van der Waals surface area contributed by atoms with Crippen molar-refractivity contribution in [3.8, 4) is 0 Å². The summed E-state index contributed by atoms with van der Waals surface area (Å²) in [5.41, 5.74) is 6.55. The summed E-state index contributed by atoms with van der Waals surface area (Å²) >= 11 is 0. The highest BCUT2D eigenvalue weighted by molar-refractivity contribution is 4.97. The van der Waals surface area contributed by atoms with Gasteiger partial charge in [-0.25, -0.2) is 0 Å². The maximum atomic E-state index is 6.28. The molecule has 0 aliphatic carbocycles. The van der Waals surface area contributed by atoms with E-state index >= 15 is 0 Å². The number of nitrogens with two attached hydrogens (primary N) is 1. The summed E-state index contributed by atoms with van der Waals surface area (Å²) in [6.45, 7) is 10.4. The van der Waals surface area contributed by atoms with Crippen LogP contribution in [0, 0.1) is 0 Å². The average Bonchev–Trinajstić information content (AvgIpc) is 2.71. The molecule has 2 aliphatic rings. The quantitative estimate of drug-likeness (QED) is 0.855. The van der Waals surface area contributed by atoms with E-state index in [0.717, 1.165) is 12.6 Å². The molecule has 4 heteroatoms. The lowest BCUT2D eigenvalue weighted by atomic mass is 9.86. The smallest absolute Gasteiger partial charge is 0.0344 e. The molecule has 2 heterocycles. The molecular formula is C17H36N4. The molecule has 1 atom stereocenters. The Morgan fingerprint density at radius 1 is 1.10 bits per heavy atom. The zero-order valence-corrected chi connectivity index (χ0v) is 14.6. The Kier molecular flexibility index (Phi) is 6.06. The van der Waals surface area contributed by atoms with Gasteiger partial charge in [0.15, 0.2) is 0 Å². The van der Waals surface area contributed by atoms with Crippen LogP contribution in [0.4, 0.5) is 0 Å². The first kappa shape index (κ1) is 17.2. The Balaban J connectivity index is 1.98. The van der Waals surface area contributed by atoms with E-state index in [4.69, 9.17) is 5.73 Å². The van der Waals surface area contributed by atoms with Crippen LogP contribution in [0.15, 0.2) is 0 Å². The Labute approximate surface area is 131 Å². The third kappa shape index (κ3) is 3.98. The molecule has 0 amide bonds. The predicted octanol–water partition coefficient (Wildman–Crippen LogP) is 1.60. The average molecular weight is 297 g/mol. The topological polar surface area (TPSA) is 35.7 Å². The van der Waals surface area contributed by atoms with Gasteiger partial charge in [0, 0.05) is 43.8 Å². The Morgan fingerprint density at radius 3 is 2.29 bits per heavy atom. The molecule has 0 aromatic rings. The number of likely N-dealkylation sites (tertiary alicyclic amines) is 2. The van der Waals surface area contributed by atoms with Gasteiger partial charge in [-0.05, 0) is 66.6 Å². The molecule has 21 heavy (non-hydrogen) atoms. The van der Waals surface area contributed by atoms with Crippen molar-refractivity contribution in [2.75, 3.05) is 46.8 Å². The third-order valence-corrected chi connectivity index (χ3v) is 5.93. The Bertz CT molecular complexity index is 310. The molecule has 1 unspecified atom stereocenters. The van der Waals surface area contributed by atoms with E-state index < -0.39 is 0 Å². The first-order valence-electron chi connectivity index (χ1n) is 8.84.